The molecule has 1 atom stereocenters. The molecule has 2 aromatic rings. The molecule has 0 aromatic carbocycles. The van der Waals surface area contributed by atoms with Gasteiger partial charge in [0.2, 0.25) is 5.91 Å². The van der Waals surface area contributed by atoms with Crippen LogP contribution >= 0.6 is 11.3 Å². The highest BCUT2D eigenvalue weighted by Gasteiger charge is 2.32. The van der Waals surface area contributed by atoms with Crippen molar-refractivity contribution in [2.45, 2.75) is 38.5 Å². The number of anilines is 1. The number of fused-ring (bicyclic) bond motifs is 3. The van der Waals surface area contributed by atoms with E-state index < -0.39 is 0 Å². The Bertz CT molecular complexity index is 846. The molecule has 144 valence electrons. The predicted molar refractivity (Wildman–Crippen MR) is 106 cm³/mol. The van der Waals surface area contributed by atoms with Gasteiger partial charge >= 0.3 is 0 Å². The van der Waals surface area contributed by atoms with E-state index >= 15 is 0 Å². The predicted octanol–water partition coefficient (Wildman–Crippen LogP) is 2.65. The monoisotopic (exact) mass is 386 g/mol. The summed E-state index contributed by atoms with van der Waals surface area (Å²) in [5.74, 6) is 1.41. The van der Waals surface area contributed by atoms with Crippen LogP contribution in [0.4, 0.5) is 5.82 Å². The molecular weight excluding hydrogens is 360 g/mol. The average Bonchev–Trinajstić information content (AvgIpc) is 3.13. The van der Waals surface area contributed by atoms with Gasteiger partial charge in [0.15, 0.2) is 0 Å². The highest BCUT2D eigenvalue weighted by atomic mass is 32.1. The second kappa shape index (κ2) is 7.36. The molecule has 1 amide bonds. The molecule has 0 saturated carbocycles. The van der Waals surface area contributed by atoms with Crippen molar-refractivity contribution in [1.82, 2.24) is 14.9 Å². The second-order valence-corrected chi connectivity index (χ2v) is 8.89. The number of morpholine rings is 1. The van der Waals surface area contributed by atoms with Crippen LogP contribution < -0.4 is 4.90 Å². The van der Waals surface area contributed by atoms with Crippen LogP contribution in [0.5, 0.6) is 0 Å². The van der Waals surface area contributed by atoms with E-state index in [-0.39, 0.29) is 5.92 Å². The Morgan fingerprint density at radius 2 is 1.96 bits per heavy atom. The Labute approximate surface area is 163 Å². The van der Waals surface area contributed by atoms with E-state index in [1.807, 2.05) is 16.2 Å². The Hall–Kier alpha value is -1.73. The average molecular weight is 387 g/mol. The van der Waals surface area contributed by atoms with Crippen molar-refractivity contribution >= 4 is 33.3 Å². The van der Waals surface area contributed by atoms with Crippen LogP contribution in [0.2, 0.25) is 0 Å². The number of carbonyl (C=O) groups is 1. The van der Waals surface area contributed by atoms with E-state index in [0.717, 1.165) is 56.1 Å². The minimum Gasteiger partial charge on any atom is -0.378 e. The molecule has 0 N–H and O–H groups in total. The number of rotatable bonds is 2. The van der Waals surface area contributed by atoms with Crippen LogP contribution in [0.25, 0.3) is 10.2 Å². The number of carbonyl (C=O) groups excluding carboxylic acids is 1. The number of aryl methyl sites for hydroxylation is 2. The molecule has 6 nitrogen and oxygen atoms in total. The SMILES string of the molecule is O=C(C1CCCN(c2ncnc3sc4c(c23)CCCC4)C1)N1CCOCC1. The number of ether oxygens (including phenoxy) is 1. The van der Waals surface area contributed by atoms with Gasteiger partial charge in [-0.2, -0.15) is 0 Å². The summed E-state index contributed by atoms with van der Waals surface area (Å²) < 4.78 is 5.40. The molecule has 2 aromatic heterocycles. The van der Waals surface area contributed by atoms with Crippen LogP contribution in [-0.4, -0.2) is 60.2 Å². The van der Waals surface area contributed by atoms with Crippen LogP contribution in [0, 0.1) is 5.92 Å². The summed E-state index contributed by atoms with van der Waals surface area (Å²) in [6.07, 6.45) is 8.57. The quantitative estimate of drug-likeness (QED) is 0.794. The number of aromatic nitrogens is 2. The summed E-state index contributed by atoms with van der Waals surface area (Å²) >= 11 is 1.84. The molecule has 2 saturated heterocycles. The van der Waals surface area contributed by atoms with Crippen molar-refractivity contribution in [1.29, 1.82) is 0 Å². The lowest BCUT2D eigenvalue weighted by Crippen LogP contribution is -2.48. The van der Waals surface area contributed by atoms with Crippen molar-refractivity contribution in [2.24, 2.45) is 5.92 Å². The zero-order valence-corrected chi connectivity index (χ0v) is 16.5. The molecule has 7 heteroatoms. The molecule has 1 aliphatic carbocycles. The van der Waals surface area contributed by atoms with Crippen LogP contribution in [0.1, 0.15) is 36.1 Å². The zero-order chi connectivity index (χ0) is 18.2. The summed E-state index contributed by atoms with van der Waals surface area (Å²) in [5.41, 5.74) is 1.47. The lowest BCUT2D eigenvalue weighted by molar-refractivity contribution is -0.139. The smallest absolute Gasteiger partial charge is 0.227 e. The number of amides is 1. The summed E-state index contributed by atoms with van der Waals surface area (Å²) in [7, 11) is 0. The van der Waals surface area contributed by atoms with Crippen molar-refractivity contribution in [3.8, 4) is 0 Å². The van der Waals surface area contributed by atoms with E-state index in [1.54, 1.807) is 6.33 Å². The first-order chi connectivity index (χ1) is 13.3. The lowest BCUT2D eigenvalue weighted by Gasteiger charge is -2.37. The van der Waals surface area contributed by atoms with Gasteiger partial charge in [-0.25, -0.2) is 9.97 Å². The molecule has 3 aliphatic rings. The lowest BCUT2D eigenvalue weighted by atomic mass is 9.94. The van der Waals surface area contributed by atoms with Gasteiger partial charge in [0.1, 0.15) is 17.0 Å². The summed E-state index contributed by atoms with van der Waals surface area (Å²) in [5, 5.41) is 1.26. The topological polar surface area (TPSA) is 58.6 Å². The van der Waals surface area contributed by atoms with Crippen LogP contribution in [0.3, 0.4) is 0 Å². The molecule has 2 fully saturated rings. The highest BCUT2D eigenvalue weighted by molar-refractivity contribution is 7.19. The van der Waals surface area contributed by atoms with Gasteiger partial charge in [-0.05, 0) is 44.1 Å². The second-order valence-electron chi connectivity index (χ2n) is 7.81. The number of hydrogen-bond acceptors (Lipinski definition) is 6. The van der Waals surface area contributed by atoms with Gasteiger partial charge in [-0.1, -0.05) is 0 Å². The minimum absolute atomic E-state index is 0.0660. The molecule has 2 aliphatic heterocycles. The van der Waals surface area contributed by atoms with E-state index in [4.69, 9.17) is 9.72 Å². The Kier molecular flexibility index (Phi) is 4.73. The molecule has 27 heavy (non-hydrogen) atoms. The first-order valence-corrected chi connectivity index (χ1v) is 11.0. The van der Waals surface area contributed by atoms with Gasteiger partial charge < -0.3 is 14.5 Å². The standard InChI is InChI=1S/C20H26N4O2S/c25-20(23-8-10-26-11-9-23)14-4-3-7-24(12-14)18-17-15-5-1-2-6-16(15)27-19(17)22-13-21-18/h13-14H,1-12H2. The van der Waals surface area contributed by atoms with Crippen molar-refractivity contribution in [2.75, 3.05) is 44.3 Å². The summed E-state index contributed by atoms with van der Waals surface area (Å²) in [4.78, 5) is 29.2. The van der Waals surface area contributed by atoms with Gasteiger partial charge in [-0.3, -0.25) is 4.79 Å². The Balaban J connectivity index is 1.42. The molecular formula is C20H26N4O2S. The number of hydrogen-bond donors (Lipinski definition) is 0. The molecule has 0 radical (unpaired) electrons. The summed E-state index contributed by atoms with van der Waals surface area (Å²) in [6.45, 7) is 4.53. The first-order valence-electron chi connectivity index (χ1n) is 10.2. The van der Waals surface area contributed by atoms with Crippen LogP contribution in [0.15, 0.2) is 6.33 Å². The van der Waals surface area contributed by atoms with Crippen molar-refractivity contribution < 1.29 is 9.53 Å². The zero-order valence-electron chi connectivity index (χ0n) is 15.7. The normalized spacial score (nSPS) is 23.5. The maximum absolute atomic E-state index is 13.0. The Morgan fingerprint density at radius 1 is 1.11 bits per heavy atom. The molecule has 1 unspecified atom stereocenters. The largest absolute Gasteiger partial charge is 0.378 e. The third-order valence-corrected chi connectivity index (χ3v) is 7.32. The van der Waals surface area contributed by atoms with E-state index in [9.17, 15) is 4.79 Å². The first kappa shape index (κ1) is 17.4. The Morgan fingerprint density at radius 3 is 2.85 bits per heavy atom. The van der Waals surface area contributed by atoms with E-state index in [1.165, 1.54) is 35.1 Å². The minimum atomic E-state index is 0.0660. The fraction of sp³-hybridized carbons (Fsp3) is 0.650. The fourth-order valence-electron chi connectivity index (χ4n) is 4.73. The number of thiophene rings is 1. The third kappa shape index (κ3) is 3.21. The number of nitrogens with zero attached hydrogens (tertiary/aromatic N) is 4. The van der Waals surface area contributed by atoms with Gasteiger partial charge in [0.25, 0.3) is 0 Å². The fourth-order valence-corrected chi connectivity index (χ4v) is 5.95. The van der Waals surface area contributed by atoms with E-state index in [2.05, 4.69) is 9.88 Å². The maximum atomic E-state index is 13.0. The number of piperidine rings is 1. The van der Waals surface area contributed by atoms with Gasteiger partial charge in [0.05, 0.1) is 24.5 Å². The van der Waals surface area contributed by atoms with Crippen LogP contribution in [-0.2, 0) is 22.4 Å². The maximum Gasteiger partial charge on any atom is 0.227 e. The molecule has 4 heterocycles. The molecule has 5 rings (SSSR count). The third-order valence-electron chi connectivity index (χ3n) is 6.12. The molecule has 0 spiro atoms. The van der Waals surface area contributed by atoms with Crippen molar-refractivity contribution in [3.05, 3.63) is 16.8 Å². The van der Waals surface area contributed by atoms with Gasteiger partial charge in [0, 0.05) is 31.1 Å². The molecule has 0 bridgehead atoms. The summed E-state index contributed by atoms with van der Waals surface area (Å²) in [6, 6.07) is 0. The van der Waals surface area contributed by atoms with Gasteiger partial charge in [-0.15, -0.1) is 11.3 Å². The van der Waals surface area contributed by atoms with E-state index in [0.29, 0.717) is 19.1 Å². The van der Waals surface area contributed by atoms with Crippen molar-refractivity contribution in [3.63, 3.8) is 0 Å². The highest BCUT2D eigenvalue weighted by Crippen LogP contribution is 2.40.